The zero-order valence-electron chi connectivity index (χ0n) is 17.5. The molecule has 4 aromatic rings. The molecule has 160 valence electrons. The maximum Gasteiger partial charge on any atom is 0.247 e. The van der Waals surface area contributed by atoms with E-state index in [0.29, 0.717) is 24.5 Å². The fourth-order valence-corrected chi connectivity index (χ4v) is 3.28. The maximum atomic E-state index is 13.1. The number of pyridine rings is 1. The second kappa shape index (κ2) is 9.68. The Morgan fingerprint density at radius 3 is 2.56 bits per heavy atom. The number of carbonyl (C=O) groups excluding carboxylic acids is 1. The third kappa shape index (κ3) is 5.06. The molecule has 1 unspecified atom stereocenters. The van der Waals surface area contributed by atoms with Gasteiger partial charge in [0.25, 0.3) is 0 Å². The van der Waals surface area contributed by atoms with Crippen LogP contribution in [0.15, 0.2) is 73.4 Å². The fraction of sp³-hybridized carbons (Fsp3) is 0.174. The van der Waals surface area contributed by atoms with Gasteiger partial charge in [0, 0.05) is 43.3 Å². The van der Waals surface area contributed by atoms with E-state index in [-0.39, 0.29) is 5.91 Å². The topological polar surface area (TPSA) is 113 Å². The van der Waals surface area contributed by atoms with E-state index in [1.54, 1.807) is 34.0 Å². The molecule has 0 aliphatic carbocycles. The standard InChI is InChI=1S/C23H22N8O/c1-30-16-20(14-27-30)19-7-8-21(26-13-19)29-23(32)22(18-5-3-2-4-6-18)25-9-10-31-15-17(11-24)12-28-31/h2-8,12-16,22,25H,9-10H2,1H3,(H,26,29,32). The van der Waals surface area contributed by atoms with E-state index in [2.05, 4.69) is 31.9 Å². The molecule has 32 heavy (non-hydrogen) atoms. The first-order valence-electron chi connectivity index (χ1n) is 10.1. The van der Waals surface area contributed by atoms with Crippen LogP contribution in [-0.2, 0) is 18.4 Å². The van der Waals surface area contributed by atoms with E-state index in [4.69, 9.17) is 5.26 Å². The van der Waals surface area contributed by atoms with Gasteiger partial charge in [-0.2, -0.15) is 15.5 Å². The van der Waals surface area contributed by atoms with Gasteiger partial charge in [0.15, 0.2) is 0 Å². The molecule has 0 bridgehead atoms. The summed E-state index contributed by atoms with van der Waals surface area (Å²) >= 11 is 0. The average molecular weight is 426 g/mol. The molecule has 3 heterocycles. The predicted octanol–water partition coefficient (Wildman–Crippen LogP) is 2.52. The van der Waals surface area contributed by atoms with Crippen LogP contribution in [0.5, 0.6) is 0 Å². The van der Waals surface area contributed by atoms with E-state index >= 15 is 0 Å². The van der Waals surface area contributed by atoms with Gasteiger partial charge in [0.1, 0.15) is 17.9 Å². The van der Waals surface area contributed by atoms with Crippen molar-refractivity contribution >= 4 is 11.7 Å². The van der Waals surface area contributed by atoms with E-state index in [0.717, 1.165) is 16.7 Å². The third-order valence-electron chi connectivity index (χ3n) is 4.90. The Bertz CT molecular complexity index is 1220. The summed E-state index contributed by atoms with van der Waals surface area (Å²) in [6.07, 6.45) is 8.57. The van der Waals surface area contributed by atoms with Crippen molar-refractivity contribution in [3.63, 3.8) is 0 Å². The van der Waals surface area contributed by atoms with Crippen LogP contribution in [-0.4, -0.2) is 37.0 Å². The lowest BCUT2D eigenvalue weighted by Gasteiger charge is -2.19. The number of rotatable bonds is 8. The summed E-state index contributed by atoms with van der Waals surface area (Å²) < 4.78 is 3.40. The zero-order chi connectivity index (χ0) is 22.3. The van der Waals surface area contributed by atoms with Gasteiger partial charge in [0.2, 0.25) is 5.91 Å². The molecule has 0 aliphatic rings. The number of nitrogens with zero attached hydrogens (tertiary/aromatic N) is 6. The Labute approximate surface area is 185 Å². The SMILES string of the molecule is Cn1cc(-c2ccc(NC(=O)C(NCCn3cc(C#N)cn3)c3ccccc3)nc2)cn1. The second-order valence-electron chi connectivity index (χ2n) is 7.23. The van der Waals surface area contributed by atoms with Gasteiger partial charge in [-0.05, 0) is 17.7 Å². The van der Waals surface area contributed by atoms with Crippen molar-refractivity contribution in [2.45, 2.75) is 12.6 Å². The number of benzene rings is 1. The number of carbonyl (C=O) groups is 1. The lowest BCUT2D eigenvalue weighted by atomic mass is 10.1. The highest BCUT2D eigenvalue weighted by Crippen LogP contribution is 2.20. The smallest absolute Gasteiger partial charge is 0.247 e. The molecule has 1 aromatic carbocycles. The summed E-state index contributed by atoms with van der Waals surface area (Å²) in [5.41, 5.74) is 3.22. The third-order valence-corrected chi connectivity index (χ3v) is 4.90. The Kier molecular flexibility index (Phi) is 6.34. The van der Waals surface area contributed by atoms with Crippen LogP contribution in [0.1, 0.15) is 17.2 Å². The highest BCUT2D eigenvalue weighted by Gasteiger charge is 2.20. The molecule has 0 aliphatic heterocycles. The normalized spacial score (nSPS) is 11.6. The largest absolute Gasteiger partial charge is 0.309 e. The lowest BCUT2D eigenvalue weighted by molar-refractivity contribution is -0.118. The monoisotopic (exact) mass is 426 g/mol. The molecule has 0 spiro atoms. The van der Waals surface area contributed by atoms with Crippen LogP contribution in [0.2, 0.25) is 0 Å². The summed E-state index contributed by atoms with van der Waals surface area (Å²) in [6.45, 7) is 1.02. The molecule has 0 radical (unpaired) electrons. The van der Waals surface area contributed by atoms with Crippen molar-refractivity contribution in [1.82, 2.24) is 29.9 Å². The highest BCUT2D eigenvalue weighted by molar-refractivity contribution is 5.94. The summed E-state index contributed by atoms with van der Waals surface area (Å²) in [6, 6.07) is 14.7. The Morgan fingerprint density at radius 2 is 1.91 bits per heavy atom. The molecular weight excluding hydrogens is 404 g/mol. The number of nitrogens with one attached hydrogen (secondary N) is 2. The first kappa shape index (κ1) is 21.0. The Balaban J connectivity index is 1.43. The van der Waals surface area contributed by atoms with Crippen molar-refractivity contribution in [2.24, 2.45) is 7.05 Å². The molecule has 3 aromatic heterocycles. The van der Waals surface area contributed by atoms with E-state index < -0.39 is 6.04 Å². The number of amides is 1. The van der Waals surface area contributed by atoms with Gasteiger partial charge in [-0.15, -0.1) is 0 Å². The van der Waals surface area contributed by atoms with Crippen molar-refractivity contribution in [1.29, 1.82) is 5.26 Å². The molecule has 4 rings (SSSR count). The van der Waals surface area contributed by atoms with Gasteiger partial charge in [-0.1, -0.05) is 30.3 Å². The van der Waals surface area contributed by atoms with Crippen molar-refractivity contribution in [2.75, 3.05) is 11.9 Å². The predicted molar refractivity (Wildman–Crippen MR) is 119 cm³/mol. The molecule has 9 heteroatoms. The molecule has 0 fully saturated rings. The second-order valence-corrected chi connectivity index (χ2v) is 7.23. The minimum Gasteiger partial charge on any atom is -0.309 e. The fourth-order valence-electron chi connectivity index (χ4n) is 3.28. The Morgan fingerprint density at radius 1 is 1.06 bits per heavy atom. The number of hydrogen-bond donors (Lipinski definition) is 2. The van der Waals surface area contributed by atoms with E-state index in [9.17, 15) is 4.79 Å². The molecular formula is C23H22N8O. The number of aryl methyl sites for hydroxylation is 1. The van der Waals surface area contributed by atoms with Crippen molar-refractivity contribution in [3.8, 4) is 17.2 Å². The van der Waals surface area contributed by atoms with Crippen LogP contribution in [0, 0.1) is 11.3 Å². The number of anilines is 1. The molecule has 0 saturated carbocycles. The number of aromatic nitrogens is 5. The van der Waals surface area contributed by atoms with Crippen molar-refractivity contribution < 1.29 is 4.79 Å². The molecule has 1 amide bonds. The molecule has 1 atom stereocenters. The molecule has 0 saturated heterocycles. The maximum absolute atomic E-state index is 13.1. The van der Waals surface area contributed by atoms with Crippen LogP contribution in [0.4, 0.5) is 5.82 Å². The molecule has 2 N–H and O–H groups in total. The average Bonchev–Trinajstić information content (AvgIpc) is 3.46. The summed E-state index contributed by atoms with van der Waals surface area (Å²) in [5, 5.41) is 23.4. The van der Waals surface area contributed by atoms with Gasteiger partial charge in [0.05, 0.1) is 24.5 Å². The quantitative estimate of drug-likeness (QED) is 0.448. The van der Waals surface area contributed by atoms with Gasteiger partial charge < -0.3 is 10.6 Å². The van der Waals surface area contributed by atoms with Crippen LogP contribution < -0.4 is 10.6 Å². The van der Waals surface area contributed by atoms with Gasteiger partial charge in [-0.25, -0.2) is 4.98 Å². The highest BCUT2D eigenvalue weighted by atomic mass is 16.2. The zero-order valence-corrected chi connectivity index (χ0v) is 17.5. The first-order chi connectivity index (χ1) is 15.6. The van der Waals surface area contributed by atoms with E-state index in [1.807, 2.05) is 49.6 Å². The molecule has 9 nitrogen and oxygen atoms in total. The van der Waals surface area contributed by atoms with E-state index in [1.165, 1.54) is 6.20 Å². The summed E-state index contributed by atoms with van der Waals surface area (Å²) in [7, 11) is 1.86. The Hall–Kier alpha value is -4.29. The first-order valence-corrected chi connectivity index (χ1v) is 10.1. The minimum atomic E-state index is -0.568. The van der Waals surface area contributed by atoms with Gasteiger partial charge >= 0.3 is 0 Å². The van der Waals surface area contributed by atoms with Crippen LogP contribution in [0.25, 0.3) is 11.1 Å². The van der Waals surface area contributed by atoms with Crippen LogP contribution >= 0.6 is 0 Å². The van der Waals surface area contributed by atoms with Crippen LogP contribution in [0.3, 0.4) is 0 Å². The van der Waals surface area contributed by atoms with Gasteiger partial charge in [-0.3, -0.25) is 14.2 Å². The summed E-state index contributed by atoms with van der Waals surface area (Å²) in [5.74, 6) is 0.257. The number of hydrogen-bond acceptors (Lipinski definition) is 6. The number of nitriles is 1. The minimum absolute atomic E-state index is 0.212. The summed E-state index contributed by atoms with van der Waals surface area (Å²) in [4.78, 5) is 17.5. The lowest BCUT2D eigenvalue weighted by Crippen LogP contribution is -2.35. The van der Waals surface area contributed by atoms with Crippen molar-refractivity contribution in [3.05, 3.63) is 84.6 Å².